The maximum absolute atomic E-state index is 12.0. The molecular formula is C16H22N2O4. The van der Waals surface area contributed by atoms with Crippen molar-refractivity contribution in [2.45, 2.75) is 18.9 Å². The van der Waals surface area contributed by atoms with Crippen LogP contribution in [0.1, 0.15) is 23.2 Å². The van der Waals surface area contributed by atoms with Crippen LogP contribution in [0.25, 0.3) is 0 Å². The van der Waals surface area contributed by atoms with Crippen LogP contribution < -0.4 is 15.4 Å². The van der Waals surface area contributed by atoms with Crippen molar-refractivity contribution < 1.29 is 19.4 Å². The predicted molar refractivity (Wildman–Crippen MR) is 81.9 cm³/mol. The Labute approximate surface area is 129 Å². The lowest BCUT2D eigenvalue weighted by Crippen LogP contribution is -2.34. The highest BCUT2D eigenvalue weighted by Gasteiger charge is 2.24. The fraction of sp³-hybridized carbons (Fsp3) is 0.500. The number of hydrogen-bond acceptors (Lipinski definition) is 5. The minimum atomic E-state index is -0.416. The minimum absolute atomic E-state index is 0.0428. The summed E-state index contributed by atoms with van der Waals surface area (Å²) in [5, 5.41) is 15.5. The number of amides is 1. The second-order valence-corrected chi connectivity index (χ2v) is 5.44. The molecule has 2 rings (SSSR count). The number of ether oxygens (including phenoxy) is 1. The van der Waals surface area contributed by atoms with E-state index in [2.05, 4.69) is 10.6 Å². The molecule has 22 heavy (non-hydrogen) atoms. The molecule has 2 unspecified atom stereocenters. The number of Topliss-reactive ketones (excluding diaryl/α,β-unsaturated/α-hetero) is 1. The van der Waals surface area contributed by atoms with E-state index in [1.54, 1.807) is 31.4 Å². The van der Waals surface area contributed by atoms with Crippen LogP contribution in [0, 0.1) is 5.92 Å². The molecular weight excluding hydrogens is 284 g/mol. The third kappa shape index (κ3) is 4.54. The van der Waals surface area contributed by atoms with Crippen LogP contribution in [0.3, 0.4) is 0 Å². The van der Waals surface area contributed by atoms with Gasteiger partial charge in [-0.3, -0.25) is 9.59 Å². The summed E-state index contributed by atoms with van der Waals surface area (Å²) in [5.41, 5.74) is 0.573. The van der Waals surface area contributed by atoms with Crippen molar-refractivity contribution in [1.82, 2.24) is 10.6 Å². The van der Waals surface area contributed by atoms with Crippen molar-refractivity contribution in [3.8, 4) is 5.75 Å². The molecule has 1 aromatic carbocycles. The number of methoxy groups -OCH3 is 1. The molecule has 2 atom stereocenters. The summed E-state index contributed by atoms with van der Waals surface area (Å²) in [4.78, 5) is 23.7. The van der Waals surface area contributed by atoms with E-state index >= 15 is 0 Å². The molecule has 0 bridgehead atoms. The standard InChI is InChI=1S/C16H22N2O4/c1-22-13-4-2-11(3-5-13)14(19)6-7-16(21)18-9-12-8-17-10-15(12)20/h2-5,12,15,17,20H,6-10H2,1H3,(H,18,21). The van der Waals surface area contributed by atoms with E-state index in [0.717, 1.165) is 0 Å². The van der Waals surface area contributed by atoms with Gasteiger partial charge in [0.25, 0.3) is 0 Å². The lowest BCUT2D eigenvalue weighted by molar-refractivity contribution is -0.121. The van der Waals surface area contributed by atoms with Crippen LogP contribution in [0.5, 0.6) is 5.75 Å². The van der Waals surface area contributed by atoms with Crippen molar-refractivity contribution in [1.29, 1.82) is 0 Å². The van der Waals surface area contributed by atoms with E-state index in [9.17, 15) is 14.7 Å². The maximum atomic E-state index is 12.0. The van der Waals surface area contributed by atoms with Gasteiger partial charge in [0.1, 0.15) is 5.75 Å². The Bertz CT molecular complexity index is 515. The van der Waals surface area contributed by atoms with Gasteiger partial charge in [-0.1, -0.05) is 0 Å². The van der Waals surface area contributed by atoms with Gasteiger partial charge < -0.3 is 20.5 Å². The Morgan fingerprint density at radius 3 is 2.59 bits per heavy atom. The molecule has 0 aromatic heterocycles. The SMILES string of the molecule is COc1ccc(C(=O)CCC(=O)NCC2CNCC2O)cc1. The molecule has 1 heterocycles. The van der Waals surface area contributed by atoms with E-state index in [1.165, 1.54) is 0 Å². The second-order valence-electron chi connectivity index (χ2n) is 5.44. The summed E-state index contributed by atoms with van der Waals surface area (Å²) in [6, 6.07) is 6.84. The lowest BCUT2D eigenvalue weighted by atomic mass is 10.1. The molecule has 1 aromatic rings. The number of hydrogen-bond donors (Lipinski definition) is 3. The number of aliphatic hydroxyl groups excluding tert-OH is 1. The highest BCUT2D eigenvalue weighted by atomic mass is 16.5. The molecule has 1 aliphatic heterocycles. The molecule has 6 nitrogen and oxygen atoms in total. The normalized spacial score (nSPS) is 20.6. The van der Waals surface area contributed by atoms with E-state index in [1.807, 2.05) is 0 Å². The molecule has 0 saturated carbocycles. The van der Waals surface area contributed by atoms with Gasteiger partial charge >= 0.3 is 0 Å². The van der Waals surface area contributed by atoms with Crippen LogP contribution in [-0.4, -0.2) is 49.6 Å². The molecule has 1 amide bonds. The summed E-state index contributed by atoms with van der Waals surface area (Å²) in [6.45, 7) is 1.70. The first-order chi connectivity index (χ1) is 10.6. The van der Waals surface area contributed by atoms with Crippen molar-refractivity contribution in [2.24, 2.45) is 5.92 Å². The predicted octanol–water partition coefficient (Wildman–Crippen LogP) is 0.355. The Morgan fingerprint density at radius 1 is 1.27 bits per heavy atom. The van der Waals surface area contributed by atoms with Gasteiger partial charge in [0.2, 0.25) is 5.91 Å². The summed E-state index contributed by atoms with van der Waals surface area (Å²) in [7, 11) is 1.57. The van der Waals surface area contributed by atoms with Crippen LogP contribution in [0.2, 0.25) is 0 Å². The zero-order valence-electron chi connectivity index (χ0n) is 12.7. The summed E-state index contributed by atoms with van der Waals surface area (Å²) in [6.07, 6.45) is -0.0914. The van der Waals surface area contributed by atoms with Crippen LogP contribution in [0.15, 0.2) is 24.3 Å². The average molecular weight is 306 g/mol. The largest absolute Gasteiger partial charge is 0.497 e. The van der Waals surface area contributed by atoms with Crippen molar-refractivity contribution in [2.75, 3.05) is 26.7 Å². The fourth-order valence-corrected chi connectivity index (χ4v) is 2.41. The molecule has 0 radical (unpaired) electrons. The molecule has 1 saturated heterocycles. The topological polar surface area (TPSA) is 87.7 Å². The number of aliphatic hydroxyl groups is 1. The summed E-state index contributed by atoms with van der Waals surface area (Å²) >= 11 is 0. The van der Waals surface area contributed by atoms with Gasteiger partial charge in [0, 0.05) is 44.0 Å². The van der Waals surface area contributed by atoms with Gasteiger partial charge in [-0.05, 0) is 24.3 Å². The van der Waals surface area contributed by atoms with Gasteiger partial charge in [-0.2, -0.15) is 0 Å². The first-order valence-corrected chi connectivity index (χ1v) is 7.43. The Morgan fingerprint density at radius 2 is 2.00 bits per heavy atom. The number of carbonyl (C=O) groups excluding carboxylic acids is 2. The maximum Gasteiger partial charge on any atom is 0.220 e. The molecule has 3 N–H and O–H groups in total. The van der Waals surface area contributed by atoms with Crippen LogP contribution in [-0.2, 0) is 4.79 Å². The molecule has 0 spiro atoms. The Hall–Kier alpha value is -1.92. The third-order valence-electron chi connectivity index (χ3n) is 3.86. The summed E-state index contributed by atoms with van der Waals surface area (Å²) < 4.78 is 5.04. The number of ketones is 1. The lowest BCUT2D eigenvalue weighted by Gasteiger charge is -2.13. The fourth-order valence-electron chi connectivity index (χ4n) is 2.41. The number of rotatable bonds is 7. The van der Waals surface area contributed by atoms with Crippen molar-refractivity contribution >= 4 is 11.7 Å². The van der Waals surface area contributed by atoms with Gasteiger partial charge in [-0.25, -0.2) is 0 Å². The van der Waals surface area contributed by atoms with Gasteiger partial charge in [0.15, 0.2) is 5.78 Å². The van der Waals surface area contributed by atoms with E-state index in [4.69, 9.17) is 4.74 Å². The number of carbonyl (C=O) groups is 2. The minimum Gasteiger partial charge on any atom is -0.497 e. The van der Waals surface area contributed by atoms with Crippen molar-refractivity contribution in [3.63, 3.8) is 0 Å². The smallest absolute Gasteiger partial charge is 0.220 e. The Balaban J connectivity index is 1.71. The van der Waals surface area contributed by atoms with Crippen LogP contribution in [0.4, 0.5) is 0 Å². The molecule has 6 heteroatoms. The van der Waals surface area contributed by atoms with Crippen molar-refractivity contribution in [3.05, 3.63) is 29.8 Å². The third-order valence-corrected chi connectivity index (χ3v) is 3.86. The highest BCUT2D eigenvalue weighted by Crippen LogP contribution is 2.13. The van der Waals surface area contributed by atoms with Crippen LogP contribution >= 0.6 is 0 Å². The van der Waals surface area contributed by atoms with E-state index in [0.29, 0.717) is 30.9 Å². The number of benzene rings is 1. The zero-order chi connectivity index (χ0) is 15.9. The first kappa shape index (κ1) is 16.5. The van der Waals surface area contributed by atoms with E-state index in [-0.39, 0.29) is 30.4 Å². The average Bonchev–Trinajstić information content (AvgIpc) is 2.95. The molecule has 120 valence electrons. The first-order valence-electron chi connectivity index (χ1n) is 7.43. The van der Waals surface area contributed by atoms with E-state index < -0.39 is 6.10 Å². The number of β-amino-alcohol motifs (C(OH)–C–C–N with tert-alkyl or cyclic N) is 1. The van der Waals surface area contributed by atoms with Gasteiger partial charge in [0.05, 0.1) is 13.2 Å². The number of nitrogens with one attached hydrogen (secondary N) is 2. The second kappa shape index (κ2) is 7.91. The zero-order valence-corrected chi connectivity index (χ0v) is 12.7. The Kier molecular flexibility index (Phi) is 5.91. The molecule has 1 aliphatic rings. The highest BCUT2D eigenvalue weighted by molar-refractivity contribution is 5.98. The van der Waals surface area contributed by atoms with Gasteiger partial charge in [-0.15, -0.1) is 0 Å². The summed E-state index contributed by atoms with van der Waals surface area (Å²) in [5.74, 6) is 0.501. The monoisotopic (exact) mass is 306 g/mol. The quantitative estimate of drug-likeness (QED) is 0.633. The molecule has 1 fully saturated rings. The molecule has 0 aliphatic carbocycles.